The van der Waals surface area contributed by atoms with Crippen LogP contribution in [0.2, 0.25) is 0 Å². The van der Waals surface area contributed by atoms with E-state index in [9.17, 15) is 4.79 Å². The van der Waals surface area contributed by atoms with Crippen molar-refractivity contribution in [1.82, 2.24) is 4.98 Å². The smallest absolute Gasteiger partial charge is 0.308 e. The van der Waals surface area contributed by atoms with Crippen LogP contribution < -0.4 is 5.73 Å². The minimum Gasteiger partial charge on any atom is -0.460 e. The first-order valence-corrected chi connectivity index (χ1v) is 6.40. The fourth-order valence-corrected chi connectivity index (χ4v) is 2.07. The van der Waals surface area contributed by atoms with Crippen LogP contribution in [0.3, 0.4) is 0 Å². The first-order valence-electron chi connectivity index (χ1n) is 6.40. The molecule has 0 saturated carbocycles. The van der Waals surface area contributed by atoms with Gasteiger partial charge in [-0.15, -0.1) is 12.4 Å². The van der Waals surface area contributed by atoms with Crippen molar-refractivity contribution in [3.8, 4) is 0 Å². The Morgan fingerprint density at radius 1 is 1.35 bits per heavy atom. The van der Waals surface area contributed by atoms with Gasteiger partial charge < -0.3 is 15.5 Å². The lowest BCUT2D eigenvalue weighted by Crippen LogP contribution is -2.26. The van der Waals surface area contributed by atoms with E-state index in [1.165, 1.54) is 0 Å². The Kier molecular flexibility index (Phi) is 5.20. The molecule has 2 rings (SSSR count). The molecular formula is C15H21ClN2O2. The summed E-state index contributed by atoms with van der Waals surface area (Å²) in [7, 11) is 0. The molecule has 1 aromatic carbocycles. The molecule has 0 unspecified atom stereocenters. The highest BCUT2D eigenvalue weighted by molar-refractivity contribution is 5.85. The number of fused-ring (bicyclic) bond motifs is 1. The van der Waals surface area contributed by atoms with Crippen LogP contribution in [-0.4, -0.2) is 16.6 Å². The van der Waals surface area contributed by atoms with E-state index in [1.807, 2.05) is 51.2 Å². The number of halogens is 1. The Labute approximate surface area is 125 Å². The van der Waals surface area contributed by atoms with Crippen molar-refractivity contribution in [3.63, 3.8) is 0 Å². The monoisotopic (exact) mass is 296 g/mol. The summed E-state index contributed by atoms with van der Waals surface area (Å²) in [6.45, 7) is 5.55. The number of carbonyl (C=O) groups is 1. The molecule has 1 heterocycles. The highest BCUT2D eigenvalue weighted by atomic mass is 35.5. The summed E-state index contributed by atoms with van der Waals surface area (Å²) in [5.41, 5.74) is 7.60. The lowest BCUT2D eigenvalue weighted by molar-refractivity contribution is -0.155. The van der Waals surface area contributed by atoms with Crippen LogP contribution in [0, 0.1) is 0 Å². The molecular weight excluding hydrogens is 276 g/mol. The molecule has 5 heteroatoms. The van der Waals surface area contributed by atoms with E-state index >= 15 is 0 Å². The third-order valence-corrected chi connectivity index (χ3v) is 2.83. The van der Waals surface area contributed by atoms with E-state index in [0.717, 1.165) is 16.5 Å². The Morgan fingerprint density at radius 2 is 2.00 bits per heavy atom. The van der Waals surface area contributed by atoms with Gasteiger partial charge in [-0.2, -0.15) is 0 Å². The molecule has 0 aliphatic carbocycles. The van der Waals surface area contributed by atoms with Gasteiger partial charge in [0.05, 0.1) is 6.42 Å². The Morgan fingerprint density at radius 3 is 2.65 bits per heavy atom. The molecule has 0 radical (unpaired) electrons. The molecule has 0 bridgehead atoms. The minimum atomic E-state index is -0.475. The number of hydrogen-bond acceptors (Lipinski definition) is 3. The van der Waals surface area contributed by atoms with Crippen LogP contribution >= 0.6 is 12.4 Å². The van der Waals surface area contributed by atoms with Crippen molar-refractivity contribution in [1.29, 1.82) is 0 Å². The van der Waals surface area contributed by atoms with Crippen LogP contribution in [0.1, 0.15) is 38.8 Å². The lowest BCUT2D eigenvalue weighted by Gasteiger charge is -2.20. The number of nitrogens with two attached hydrogens (primary N) is 1. The third-order valence-electron chi connectivity index (χ3n) is 2.83. The van der Waals surface area contributed by atoms with Crippen LogP contribution in [0.25, 0.3) is 10.9 Å². The summed E-state index contributed by atoms with van der Waals surface area (Å²) >= 11 is 0. The van der Waals surface area contributed by atoms with Crippen LogP contribution in [-0.2, 0) is 9.53 Å². The van der Waals surface area contributed by atoms with Gasteiger partial charge in [-0.05, 0) is 32.4 Å². The lowest BCUT2D eigenvalue weighted by atomic mass is 10.0. The van der Waals surface area contributed by atoms with Gasteiger partial charge in [0.15, 0.2) is 0 Å². The highest BCUT2D eigenvalue weighted by Gasteiger charge is 2.20. The second-order valence-electron chi connectivity index (χ2n) is 5.69. The molecule has 4 nitrogen and oxygen atoms in total. The number of para-hydroxylation sites is 1. The van der Waals surface area contributed by atoms with Gasteiger partial charge in [0.2, 0.25) is 0 Å². The van der Waals surface area contributed by atoms with E-state index in [-0.39, 0.29) is 30.8 Å². The van der Waals surface area contributed by atoms with Crippen molar-refractivity contribution in [3.05, 3.63) is 36.0 Å². The third kappa shape index (κ3) is 3.99. The van der Waals surface area contributed by atoms with E-state index in [0.29, 0.717) is 0 Å². The zero-order valence-corrected chi connectivity index (χ0v) is 12.8. The molecule has 0 fully saturated rings. The number of hydrogen-bond donors (Lipinski definition) is 2. The first kappa shape index (κ1) is 16.5. The predicted octanol–water partition coefficient (Wildman–Crippen LogP) is 3.32. The average Bonchev–Trinajstić information content (AvgIpc) is 2.69. The number of aromatic amines is 1. The first-order chi connectivity index (χ1) is 8.87. The highest BCUT2D eigenvalue weighted by Crippen LogP contribution is 2.25. The largest absolute Gasteiger partial charge is 0.460 e. The van der Waals surface area contributed by atoms with E-state index in [1.54, 1.807) is 0 Å². The maximum Gasteiger partial charge on any atom is 0.308 e. The van der Waals surface area contributed by atoms with Gasteiger partial charge in [-0.1, -0.05) is 18.2 Å². The summed E-state index contributed by atoms with van der Waals surface area (Å²) in [5.74, 6) is -0.273. The summed E-state index contributed by atoms with van der Waals surface area (Å²) in [5, 5.41) is 1.05. The maximum atomic E-state index is 11.8. The molecule has 0 aliphatic rings. The van der Waals surface area contributed by atoms with Crippen LogP contribution in [0.15, 0.2) is 30.5 Å². The number of aromatic nitrogens is 1. The summed E-state index contributed by atoms with van der Waals surface area (Å²) in [6.07, 6.45) is 2.04. The summed E-state index contributed by atoms with van der Waals surface area (Å²) < 4.78 is 5.29. The number of nitrogens with one attached hydrogen (secondary N) is 1. The van der Waals surface area contributed by atoms with Crippen molar-refractivity contribution in [2.45, 2.75) is 38.8 Å². The quantitative estimate of drug-likeness (QED) is 0.854. The summed E-state index contributed by atoms with van der Waals surface area (Å²) in [6, 6.07) is 7.54. The van der Waals surface area contributed by atoms with Gasteiger partial charge in [-0.3, -0.25) is 4.79 Å². The normalized spacial score (nSPS) is 12.8. The fraction of sp³-hybridized carbons (Fsp3) is 0.400. The van der Waals surface area contributed by atoms with Gasteiger partial charge in [-0.25, -0.2) is 0 Å². The number of ether oxygens (including phenoxy) is 1. The van der Waals surface area contributed by atoms with Gasteiger partial charge in [0, 0.05) is 23.1 Å². The molecule has 110 valence electrons. The Balaban J connectivity index is 0.00000200. The number of benzene rings is 1. The number of rotatable bonds is 3. The molecule has 0 aliphatic heterocycles. The van der Waals surface area contributed by atoms with E-state index < -0.39 is 5.60 Å². The minimum absolute atomic E-state index is 0. The maximum absolute atomic E-state index is 11.8. The zero-order chi connectivity index (χ0) is 14.0. The molecule has 1 atom stereocenters. The zero-order valence-electron chi connectivity index (χ0n) is 12.0. The van der Waals surface area contributed by atoms with Crippen LogP contribution in [0.5, 0.6) is 0 Å². The number of esters is 1. The van der Waals surface area contributed by atoms with Crippen LogP contribution in [0.4, 0.5) is 0 Å². The standard InChI is InChI=1S/C15H20N2O2.ClH/c1-15(2,3)19-14(18)8-12(16)11-9-17-13-7-5-4-6-10(11)13;/h4-7,9,12,17H,8,16H2,1-3H3;1H/t12-;/m0./s1. The molecule has 3 N–H and O–H groups in total. The molecule has 0 amide bonds. The predicted molar refractivity (Wildman–Crippen MR) is 82.9 cm³/mol. The molecule has 0 spiro atoms. The van der Waals surface area contributed by atoms with Crippen molar-refractivity contribution in [2.24, 2.45) is 5.73 Å². The van der Waals surface area contributed by atoms with E-state index in [2.05, 4.69) is 4.98 Å². The SMILES string of the molecule is CC(C)(C)OC(=O)C[C@H](N)c1c[nH]c2ccccc12.Cl. The van der Waals surface area contributed by atoms with Crippen molar-refractivity contribution >= 4 is 29.3 Å². The molecule has 2 aromatic rings. The Bertz CT molecular complexity index is 587. The fourth-order valence-electron chi connectivity index (χ4n) is 2.07. The van der Waals surface area contributed by atoms with Crippen molar-refractivity contribution < 1.29 is 9.53 Å². The molecule has 0 saturated heterocycles. The van der Waals surface area contributed by atoms with E-state index in [4.69, 9.17) is 10.5 Å². The second-order valence-corrected chi connectivity index (χ2v) is 5.69. The van der Waals surface area contributed by atoms with Gasteiger partial charge in [0.1, 0.15) is 5.60 Å². The molecule has 20 heavy (non-hydrogen) atoms. The van der Waals surface area contributed by atoms with Gasteiger partial charge >= 0.3 is 5.97 Å². The number of H-pyrrole nitrogens is 1. The van der Waals surface area contributed by atoms with Gasteiger partial charge in [0.25, 0.3) is 0 Å². The average molecular weight is 297 g/mol. The van der Waals surface area contributed by atoms with Crippen molar-refractivity contribution in [2.75, 3.05) is 0 Å². The number of carbonyl (C=O) groups excluding carboxylic acids is 1. The summed E-state index contributed by atoms with van der Waals surface area (Å²) in [4.78, 5) is 14.9. The Hall–Kier alpha value is -1.52. The molecule has 1 aromatic heterocycles. The second kappa shape index (κ2) is 6.29. The topological polar surface area (TPSA) is 68.1 Å².